The van der Waals surface area contributed by atoms with Gasteiger partial charge in [0, 0.05) is 25.9 Å². The zero-order valence-electron chi connectivity index (χ0n) is 10.9. The number of carbonyl (C=O) groups excluding carboxylic acids is 3. The lowest BCUT2D eigenvalue weighted by molar-refractivity contribution is -0.153. The van der Waals surface area contributed by atoms with Crippen molar-refractivity contribution in [1.29, 1.82) is 0 Å². The number of hydrogen-bond donors (Lipinski definition) is 0. The Hall–Kier alpha value is -1.39. The topological polar surface area (TPSA) is 57.7 Å². The normalized spacial score (nSPS) is 23.5. The number of piperazine rings is 1. The Kier molecular flexibility index (Phi) is 3.99. The van der Waals surface area contributed by atoms with Crippen molar-refractivity contribution in [2.24, 2.45) is 0 Å². The molecular weight excluding hydrogens is 232 g/mol. The molecule has 0 aromatic heterocycles. The van der Waals surface area contributed by atoms with Gasteiger partial charge in [-0.3, -0.25) is 14.4 Å². The Morgan fingerprint density at radius 3 is 2.89 bits per heavy atom. The molecule has 5 nitrogen and oxygen atoms in total. The van der Waals surface area contributed by atoms with Crippen molar-refractivity contribution in [3.63, 3.8) is 0 Å². The van der Waals surface area contributed by atoms with Crippen molar-refractivity contribution in [2.75, 3.05) is 19.6 Å². The maximum atomic E-state index is 12.1. The fourth-order valence-corrected chi connectivity index (χ4v) is 2.70. The molecular formula is C13H20N2O3. The quantitative estimate of drug-likeness (QED) is 0.719. The minimum Gasteiger partial charge on any atom is -0.332 e. The molecule has 0 aromatic rings. The largest absolute Gasteiger partial charge is 0.332 e. The molecule has 2 heterocycles. The summed E-state index contributed by atoms with van der Waals surface area (Å²) in [5.74, 6) is 0.336. The van der Waals surface area contributed by atoms with E-state index in [9.17, 15) is 14.4 Å². The van der Waals surface area contributed by atoms with E-state index >= 15 is 0 Å². The van der Waals surface area contributed by atoms with Gasteiger partial charge in [-0.05, 0) is 19.3 Å². The number of hydrogen-bond acceptors (Lipinski definition) is 3. The van der Waals surface area contributed by atoms with Crippen molar-refractivity contribution in [1.82, 2.24) is 9.80 Å². The number of Topliss-reactive ketones (excluding diaryl/α,β-unsaturated/α-hetero) is 1. The lowest BCUT2D eigenvalue weighted by atomic mass is 10.1. The van der Waals surface area contributed by atoms with E-state index in [2.05, 4.69) is 0 Å². The summed E-state index contributed by atoms with van der Waals surface area (Å²) in [5.41, 5.74) is 0. The fourth-order valence-electron chi connectivity index (χ4n) is 2.70. The predicted molar refractivity (Wildman–Crippen MR) is 65.8 cm³/mol. The molecule has 0 saturated carbocycles. The molecule has 2 aliphatic heterocycles. The third-order valence-electron chi connectivity index (χ3n) is 3.77. The average Bonchev–Trinajstić information content (AvgIpc) is 2.84. The van der Waals surface area contributed by atoms with Gasteiger partial charge in [0.15, 0.2) is 0 Å². The summed E-state index contributed by atoms with van der Waals surface area (Å²) in [4.78, 5) is 38.5. The van der Waals surface area contributed by atoms with Crippen molar-refractivity contribution in [3.05, 3.63) is 0 Å². The summed E-state index contributed by atoms with van der Waals surface area (Å²) >= 11 is 0. The first-order chi connectivity index (χ1) is 8.63. The monoisotopic (exact) mass is 252 g/mol. The second-order valence-corrected chi connectivity index (χ2v) is 5.00. The highest BCUT2D eigenvalue weighted by Gasteiger charge is 2.41. The maximum absolute atomic E-state index is 12.1. The molecule has 5 heteroatoms. The van der Waals surface area contributed by atoms with E-state index in [4.69, 9.17) is 0 Å². The van der Waals surface area contributed by atoms with Gasteiger partial charge >= 0.3 is 0 Å². The van der Waals surface area contributed by atoms with Crippen LogP contribution in [-0.2, 0) is 14.4 Å². The molecule has 1 atom stereocenters. The zero-order valence-corrected chi connectivity index (χ0v) is 10.9. The molecule has 2 fully saturated rings. The third kappa shape index (κ3) is 2.54. The van der Waals surface area contributed by atoms with Crippen LogP contribution in [0.3, 0.4) is 0 Å². The van der Waals surface area contributed by atoms with E-state index in [0.717, 1.165) is 19.4 Å². The van der Waals surface area contributed by atoms with Crippen LogP contribution in [0.15, 0.2) is 0 Å². The van der Waals surface area contributed by atoms with Crippen molar-refractivity contribution in [3.8, 4) is 0 Å². The summed E-state index contributed by atoms with van der Waals surface area (Å²) in [6.07, 6.45) is 3.42. The highest BCUT2D eigenvalue weighted by Crippen LogP contribution is 2.23. The predicted octanol–water partition coefficient (Wildman–Crippen LogP) is 0.579. The van der Waals surface area contributed by atoms with Gasteiger partial charge in [0.05, 0.1) is 6.54 Å². The van der Waals surface area contributed by atoms with E-state index in [1.165, 1.54) is 0 Å². The van der Waals surface area contributed by atoms with Gasteiger partial charge in [-0.15, -0.1) is 0 Å². The molecule has 2 saturated heterocycles. The van der Waals surface area contributed by atoms with Gasteiger partial charge in [0.25, 0.3) is 0 Å². The number of carbonyl (C=O) groups is 3. The molecule has 0 radical (unpaired) electrons. The highest BCUT2D eigenvalue weighted by atomic mass is 16.2. The van der Waals surface area contributed by atoms with Crippen LogP contribution < -0.4 is 0 Å². The number of amides is 2. The molecule has 2 amide bonds. The van der Waals surface area contributed by atoms with Crippen LogP contribution in [0.1, 0.15) is 39.0 Å². The molecule has 0 bridgehead atoms. The summed E-state index contributed by atoms with van der Waals surface area (Å²) in [7, 11) is 0. The van der Waals surface area contributed by atoms with E-state index in [0.29, 0.717) is 25.8 Å². The van der Waals surface area contributed by atoms with Gasteiger partial charge in [-0.2, -0.15) is 0 Å². The van der Waals surface area contributed by atoms with Crippen molar-refractivity contribution >= 4 is 17.6 Å². The van der Waals surface area contributed by atoms with Crippen LogP contribution in [0.25, 0.3) is 0 Å². The van der Waals surface area contributed by atoms with E-state index in [1.807, 2.05) is 6.92 Å². The maximum Gasteiger partial charge on any atom is 0.245 e. The molecule has 0 spiro atoms. The molecule has 2 aliphatic rings. The summed E-state index contributed by atoms with van der Waals surface area (Å²) in [6.45, 7) is 3.28. The molecule has 0 aliphatic carbocycles. The van der Waals surface area contributed by atoms with Crippen LogP contribution in [0.5, 0.6) is 0 Å². The van der Waals surface area contributed by atoms with Crippen LogP contribution in [0, 0.1) is 0 Å². The van der Waals surface area contributed by atoms with Crippen LogP contribution in [0.4, 0.5) is 0 Å². The summed E-state index contributed by atoms with van der Waals surface area (Å²) < 4.78 is 0. The van der Waals surface area contributed by atoms with E-state index in [-0.39, 0.29) is 30.2 Å². The molecule has 2 rings (SSSR count). The Morgan fingerprint density at radius 2 is 2.17 bits per heavy atom. The second-order valence-electron chi connectivity index (χ2n) is 5.00. The van der Waals surface area contributed by atoms with Crippen LogP contribution in [0.2, 0.25) is 0 Å². The standard InChI is InChI=1S/C13H20N2O3/c1-2-10(16)5-3-7-14-9-12(17)15-8-4-6-11(15)13(14)18/h11H,2-9H2,1H3. The highest BCUT2D eigenvalue weighted by molar-refractivity contribution is 5.95. The Balaban J connectivity index is 1.87. The first-order valence-electron chi connectivity index (χ1n) is 6.73. The minimum atomic E-state index is -0.229. The smallest absolute Gasteiger partial charge is 0.245 e. The van der Waals surface area contributed by atoms with Gasteiger partial charge in [0.2, 0.25) is 11.8 Å². The van der Waals surface area contributed by atoms with Crippen LogP contribution >= 0.6 is 0 Å². The Bertz CT molecular complexity index is 367. The Morgan fingerprint density at radius 1 is 1.39 bits per heavy atom. The number of ketones is 1. The van der Waals surface area contributed by atoms with Gasteiger partial charge < -0.3 is 9.80 Å². The van der Waals surface area contributed by atoms with Gasteiger partial charge in [-0.1, -0.05) is 6.92 Å². The minimum absolute atomic E-state index is 0.0546. The first-order valence-corrected chi connectivity index (χ1v) is 6.73. The van der Waals surface area contributed by atoms with E-state index < -0.39 is 0 Å². The SMILES string of the molecule is CCC(=O)CCCN1CC(=O)N2CCCC2C1=O. The summed E-state index contributed by atoms with van der Waals surface area (Å²) in [6, 6.07) is -0.229. The van der Waals surface area contributed by atoms with E-state index in [1.54, 1.807) is 9.80 Å². The van der Waals surface area contributed by atoms with Gasteiger partial charge in [0.1, 0.15) is 11.8 Å². The van der Waals surface area contributed by atoms with Crippen LogP contribution in [-0.4, -0.2) is 53.1 Å². The fraction of sp³-hybridized carbons (Fsp3) is 0.769. The third-order valence-corrected chi connectivity index (χ3v) is 3.77. The molecule has 100 valence electrons. The number of rotatable bonds is 5. The van der Waals surface area contributed by atoms with Gasteiger partial charge in [-0.25, -0.2) is 0 Å². The second kappa shape index (κ2) is 5.50. The Labute approximate surface area is 107 Å². The van der Waals surface area contributed by atoms with Crippen molar-refractivity contribution < 1.29 is 14.4 Å². The molecule has 0 aromatic carbocycles. The molecule has 0 N–H and O–H groups in total. The number of fused-ring (bicyclic) bond motifs is 1. The van der Waals surface area contributed by atoms with Crippen molar-refractivity contribution in [2.45, 2.75) is 45.1 Å². The first kappa shape index (κ1) is 13.1. The average molecular weight is 252 g/mol. The number of nitrogens with zero attached hydrogens (tertiary/aromatic N) is 2. The lowest BCUT2D eigenvalue weighted by Crippen LogP contribution is -2.57. The summed E-state index contributed by atoms with van der Waals surface area (Å²) in [5, 5.41) is 0. The molecule has 18 heavy (non-hydrogen) atoms. The lowest BCUT2D eigenvalue weighted by Gasteiger charge is -2.36. The molecule has 1 unspecified atom stereocenters. The zero-order chi connectivity index (χ0) is 13.1.